The van der Waals surface area contributed by atoms with Gasteiger partial charge in [-0.2, -0.15) is 0 Å². The van der Waals surface area contributed by atoms with Crippen molar-refractivity contribution >= 4 is 21.6 Å². The van der Waals surface area contributed by atoms with Gasteiger partial charge in [-0.1, -0.05) is 0 Å². The van der Waals surface area contributed by atoms with Gasteiger partial charge in [0, 0.05) is 24.9 Å². The minimum atomic E-state index is -3.82. The van der Waals surface area contributed by atoms with Crippen LogP contribution in [0.1, 0.15) is 6.92 Å². The molecule has 7 heteroatoms. The highest BCUT2D eigenvalue weighted by molar-refractivity contribution is 7.89. The number of primary sulfonamides is 1. The number of aromatic nitrogens is 1. The van der Waals surface area contributed by atoms with Gasteiger partial charge < -0.3 is 5.32 Å². The largest absolute Gasteiger partial charge is 0.326 e. The van der Waals surface area contributed by atoms with Crippen LogP contribution >= 0.6 is 0 Å². The van der Waals surface area contributed by atoms with Crippen LogP contribution < -0.4 is 10.5 Å². The maximum Gasteiger partial charge on any atom is 0.255 e. The minimum Gasteiger partial charge on any atom is -0.326 e. The highest BCUT2D eigenvalue weighted by Gasteiger charge is 2.09. The Hall–Kier alpha value is -1.47. The highest BCUT2D eigenvalue weighted by Crippen LogP contribution is 2.10. The molecule has 1 rings (SSSR count). The summed E-state index contributed by atoms with van der Waals surface area (Å²) in [5.74, 6) is -0.295. The van der Waals surface area contributed by atoms with Crippen LogP contribution in [0, 0.1) is 0 Å². The fourth-order valence-electron chi connectivity index (χ4n) is 0.846. The number of rotatable bonds is 2. The molecule has 0 atom stereocenters. The summed E-state index contributed by atoms with van der Waals surface area (Å²) in [6.07, 6.45) is 1.25. The van der Waals surface area contributed by atoms with Gasteiger partial charge in [-0.25, -0.2) is 18.5 Å². The number of pyridine rings is 1. The lowest BCUT2D eigenvalue weighted by molar-refractivity contribution is -0.114. The van der Waals surface area contributed by atoms with Crippen molar-refractivity contribution < 1.29 is 13.2 Å². The topological polar surface area (TPSA) is 102 Å². The van der Waals surface area contributed by atoms with Crippen molar-refractivity contribution in [3.05, 3.63) is 18.3 Å². The summed E-state index contributed by atoms with van der Waals surface area (Å²) in [7, 11) is -3.82. The number of carbonyl (C=O) groups excluding carboxylic acids is 1. The molecule has 14 heavy (non-hydrogen) atoms. The summed E-state index contributed by atoms with van der Waals surface area (Å²) in [5.41, 5.74) is 0.344. The van der Waals surface area contributed by atoms with E-state index in [2.05, 4.69) is 10.3 Å². The third-order valence-electron chi connectivity index (χ3n) is 1.35. The summed E-state index contributed by atoms with van der Waals surface area (Å²) in [6.45, 7) is 1.32. The number of carbonyl (C=O) groups is 1. The van der Waals surface area contributed by atoms with E-state index in [1.54, 1.807) is 0 Å². The lowest BCUT2D eigenvalue weighted by Gasteiger charge is -2.02. The van der Waals surface area contributed by atoms with Crippen molar-refractivity contribution in [3.8, 4) is 0 Å². The van der Waals surface area contributed by atoms with Crippen LogP contribution in [0.4, 0.5) is 5.69 Å². The lowest BCUT2D eigenvalue weighted by Crippen LogP contribution is -2.14. The van der Waals surface area contributed by atoms with Crippen LogP contribution in [0.15, 0.2) is 23.4 Å². The van der Waals surface area contributed by atoms with Gasteiger partial charge in [-0.05, 0) is 6.07 Å². The van der Waals surface area contributed by atoms with E-state index in [9.17, 15) is 13.2 Å². The monoisotopic (exact) mass is 215 g/mol. The Kier molecular flexibility index (Phi) is 2.82. The number of amides is 1. The van der Waals surface area contributed by atoms with Crippen LogP contribution in [-0.2, 0) is 14.8 Å². The van der Waals surface area contributed by atoms with Gasteiger partial charge in [-0.3, -0.25) is 4.79 Å². The summed E-state index contributed by atoms with van der Waals surface area (Å²) >= 11 is 0. The molecule has 1 heterocycles. The summed E-state index contributed by atoms with van der Waals surface area (Å²) in [5, 5.41) is 7.00. The Labute approximate surface area is 81.2 Å². The van der Waals surface area contributed by atoms with Gasteiger partial charge in [0.2, 0.25) is 5.91 Å². The zero-order valence-electron chi connectivity index (χ0n) is 7.39. The molecule has 0 aliphatic heterocycles. The van der Waals surface area contributed by atoms with Crippen molar-refractivity contribution in [2.24, 2.45) is 5.14 Å². The zero-order chi connectivity index (χ0) is 10.8. The molecule has 76 valence electrons. The number of nitrogens with zero attached hydrogens (tertiary/aromatic N) is 1. The predicted octanol–water partition coefficient (Wildman–Crippen LogP) is -0.313. The van der Waals surface area contributed by atoms with Crippen molar-refractivity contribution in [2.75, 3.05) is 5.32 Å². The average Bonchev–Trinajstić information content (AvgIpc) is 2.01. The smallest absolute Gasteiger partial charge is 0.255 e. The van der Waals surface area contributed by atoms with Crippen LogP contribution in [0.5, 0.6) is 0 Å². The lowest BCUT2D eigenvalue weighted by atomic mass is 10.4. The molecule has 0 fully saturated rings. The third-order valence-corrected chi connectivity index (χ3v) is 2.15. The standard InChI is InChI=1S/C7H9N3O3S/c1-5(11)10-6-2-3-9-7(4-6)14(8,12)13/h2-4H,1H3,(H2,8,12,13)(H,9,10,11). The second-order valence-electron chi connectivity index (χ2n) is 2.61. The van der Waals surface area contributed by atoms with E-state index in [1.807, 2.05) is 0 Å². The van der Waals surface area contributed by atoms with Gasteiger partial charge in [0.15, 0.2) is 5.03 Å². The van der Waals surface area contributed by atoms with Crippen molar-refractivity contribution in [1.29, 1.82) is 0 Å². The summed E-state index contributed by atoms with van der Waals surface area (Å²) in [4.78, 5) is 14.2. The van der Waals surface area contributed by atoms with Crippen molar-refractivity contribution in [2.45, 2.75) is 11.9 Å². The third kappa shape index (κ3) is 2.79. The first kappa shape index (κ1) is 10.6. The second kappa shape index (κ2) is 3.72. The number of anilines is 1. The van der Waals surface area contributed by atoms with Gasteiger partial charge in [0.05, 0.1) is 0 Å². The number of hydrogen-bond acceptors (Lipinski definition) is 4. The molecule has 0 bridgehead atoms. The second-order valence-corrected chi connectivity index (χ2v) is 4.12. The average molecular weight is 215 g/mol. The van der Waals surface area contributed by atoms with Crippen molar-refractivity contribution in [1.82, 2.24) is 4.98 Å². The van der Waals surface area contributed by atoms with E-state index in [0.29, 0.717) is 5.69 Å². The van der Waals surface area contributed by atoms with E-state index >= 15 is 0 Å². The van der Waals surface area contributed by atoms with E-state index in [0.717, 1.165) is 0 Å². The van der Waals surface area contributed by atoms with E-state index in [-0.39, 0.29) is 10.9 Å². The van der Waals surface area contributed by atoms with E-state index < -0.39 is 10.0 Å². The van der Waals surface area contributed by atoms with Crippen LogP contribution in [0.3, 0.4) is 0 Å². The van der Waals surface area contributed by atoms with Crippen molar-refractivity contribution in [3.63, 3.8) is 0 Å². The molecule has 1 aromatic rings. The molecule has 0 unspecified atom stereocenters. The normalized spacial score (nSPS) is 11.0. The van der Waals surface area contributed by atoms with Gasteiger partial charge in [0.25, 0.3) is 10.0 Å². The van der Waals surface area contributed by atoms with Crippen LogP contribution in [0.2, 0.25) is 0 Å². The van der Waals surface area contributed by atoms with E-state index in [4.69, 9.17) is 5.14 Å². The molecule has 3 N–H and O–H groups in total. The zero-order valence-corrected chi connectivity index (χ0v) is 8.21. The van der Waals surface area contributed by atoms with Crippen LogP contribution in [0.25, 0.3) is 0 Å². The first-order chi connectivity index (χ1) is 6.39. The number of nitrogens with two attached hydrogens (primary N) is 1. The predicted molar refractivity (Wildman–Crippen MR) is 49.9 cm³/mol. The fraction of sp³-hybridized carbons (Fsp3) is 0.143. The molecule has 0 aliphatic carbocycles. The Bertz CT molecular complexity index is 455. The first-order valence-electron chi connectivity index (χ1n) is 3.66. The van der Waals surface area contributed by atoms with E-state index in [1.165, 1.54) is 25.3 Å². The SMILES string of the molecule is CC(=O)Nc1ccnc(S(N)(=O)=O)c1. The Morgan fingerprint density at radius 3 is 2.71 bits per heavy atom. The maximum atomic E-state index is 10.9. The molecule has 0 aromatic carbocycles. The highest BCUT2D eigenvalue weighted by atomic mass is 32.2. The maximum absolute atomic E-state index is 10.9. The molecule has 0 spiro atoms. The Morgan fingerprint density at radius 2 is 2.21 bits per heavy atom. The molecule has 0 radical (unpaired) electrons. The molecule has 0 saturated carbocycles. The number of hydrogen-bond donors (Lipinski definition) is 2. The molecular weight excluding hydrogens is 206 g/mol. The van der Waals surface area contributed by atoms with Gasteiger partial charge >= 0.3 is 0 Å². The summed E-state index contributed by atoms with van der Waals surface area (Å²) < 4.78 is 21.7. The quantitative estimate of drug-likeness (QED) is 0.706. The van der Waals surface area contributed by atoms with Crippen LogP contribution in [-0.4, -0.2) is 19.3 Å². The van der Waals surface area contributed by atoms with Gasteiger partial charge in [0.1, 0.15) is 0 Å². The summed E-state index contributed by atoms with van der Waals surface area (Å²) in [6, 6.07) is 2.66. The Morgan fingerprint density at radius 1 is 1.57 bits per heavy atom. The molecule has 6 nitrogen and oxygen atoms in total. The molecule has 0 aliphatic rings. The van der Waals surface area contributed by atoms with Gasteiger partial charge in [-0.15, -0.1) is 0 Å². The minimum absolute atomic E-state index is 0.274. The molecule has 1 aromatic heterocycles. The molecular formula is C7H9N3O3S. The first-order valence-corrected chi connectivity index (χ1v) is 5.20. The Balaban J connectivity index is 3.08. The number of nitrogens with one attached hydrogen (secondary N) is 1. The number of sulfonamides is 1. The molecule has 1 amide bonds. The molecule has 0 saturated heterocycles. The fourth-order valence-corrected chi connectivity index (χ4v) is 1.35.